The van der Waals surface area contributed by atoms with Crippen LogP contribution >= 0.6 is 0 Å². The molecule has 0 saturated carbocycles. The zero-order valence-electron chi connectivity index (χ0n) is 5.53. The van der Waals surface area contributed by atoms with Gasteiger partial charge in [-0.05, 0) is 0 Å². The van der Waals surface area contributed by atoms with Crippen LogP contribution in [0.3, 0.4) is 0 Å². The smallest absolute Gasteiger partial charge is 0.215 e. The molecule has 0 bridgehead atoms. The van der Waals surface area contributed by atoms with Gasteiger partial charge >= 0.3 is 0 Å². The van der Waals surface area contributed by atoms with E-state index in [1.165, 1.54) is 0 Å². The maximum atomic E-state index is 5.34. The lowest BCUT2D eigenvalue weighted by Crippen LogP contribution is -1.46. The number of furan rings is 3. The van der Waals surface area contributed by atoms with Gasteiger partial charge in [0.1, 0.15) is 0 Å². The molecule has 0 N–H and O–H groups in total. The van der Waals surface area contributed by atoms with Crippen LogP contribution in [0.15, 0.2) is 37.9 Å². The fraction of sp³-hybridized carbons (Fsp3) is 0. The van der Waals surface area contributed by atoms with E-state index < -0.39 is 0 Å². The minimum Gasteiger partial charge on any atom is -0.457 e. The topological polar surface area (TPSA) is 39.4 Å². The van der Waals surface area contributed by atoms with Gasteiger partial charge in [-0.25, -0.2) is 0 Å². The predicted octanol–water partition coefficient (Wildman–Crippen LogP) is 2.77. The minimum absolute atomic E-state index is 0.685. The third kappa shape index (κ3) is 0.487. The Morgan fingerprint density at radius 2 is 1.36 bits per heavy atom. The molecule has 3 aromatic heterocycles. The molecule has 54 valence electrons. The molecule has 0 aliphatic carbocycles. The van der Waals surface area contributed by atoms with Crippen LogP contribution in [0.4, 0.5) is 0 Å². The van der Waals surface area contributed by atoms with E-state index in [9.17, 15) is 0 Å². The second kappa shape index (κ2) is 1.50. The molecule has 0 spiro atoms. The summed E-state index contributed by atoms with van der Waals surface area (Å²) in [6, 6.07) is 3.54. The van der Waals surface area contributed by atoms with Crippen LogP contribution in [0.1, 0.15) is 0 Å². The van der Waals surface area contributed by atoms with Crippen molar-refractivity contribution in [2.24, 2.45) is 0 Å². The molecule has 0 aliphatic rings. The lowest BCUT2D eigenvalue weighted by atomic mass is 10.4. The SMILES string of the molecule is c1cc2oc3ccoc3c2o1. The number of hydrogen-bond donors (Lipinski definition) is 0. The Morgan fingerprint density at radius 1 is 0.818 bits per heavy atom. The number of rotatable bonds is 0. The Hall–Kier alpha value is -1.64. The van der Waals surface area contributed by atoms with E-state index in [1.807, 2.05) is 0 Å². The van der Waals surface area contributed by atoms with Crippen molar-refractivity contribution in [3.63, 3.8) is 0 Å². The molecule has 3 rings (SSSR count). The highest BCUT2D eigenvalue weighted by Crippen LogP contribution is 2.29. The minimum atomic E-state index is 0.685. The van der Waals surface area contributed by atoms with E-state index in [1.54, 1.807) is 24.7 Å². The highest BCUT2D eigenvalue weighted by molar-refractivity contribution is 5.97. The zero-order valence-corrected chi connectivity index (χ0v) is 5.53. The molecule has 0 aliphatic heterocycles. The van der Waals surface area contributed by atoms with Gasteiger partial charge < -0.3 is 13.3 Å². The van der Waals surface area contributed by atoms with Crippen molar-refractivity contribution in [1.29, 1.82) is 0 Å². The molecule has 0 aromatic carbocycles. The molecular formula is C8H4O3. The van der Waals surface area contributed by atoms with E-state index in [-0.39, 0.29) is 0 Å². The first kappa shape index (κ1) is 5.07. The molecule has 0 radical (unpaired) electrons. The van der Waals surface area contributed by atoms with Crippen molar-refractivity contribution < 1.29 is 13.3 Å². The van der Waals surface area contributed by atoms with E-state index >= 15 is 0 Å². The van der Waals surface area contributed by atoms with Gasteiger partial charge in [-0.2, -0.15) is 0 Å². The molecule has 0 unspecified atom stereocenters. The van der Waals surface area contributed by atoms with E-state index in [4.69, 9.17) is 13.3 Å². The normalized spacial score (nSPS) is 11.6. The average molecular weight is 148 g/mol. The highest BCUT2D eigenvalue weighted by atomic mass is 16.4. The first-order chi connectivity index (χ1) is 5.45. The van der Waals surface area contributed by atoms with Crippen LogP contribution in [-0.4, -0.2) is 0 Å². The van der Waals surface area contributed by atoms with E-state index in [2.05, 4.69) is 0 Å². The highest BCUT2D eigenvalue weighted by Gasteiger charge is 2.11. The van der Waals surface area contributed by atoms with Crippen molar-refractivity contribution in [2.75, 3.05) is 0 Å². The quantitative estimate of drug-likeness (QED) is 0.492. The van der Waals surface area contributed by atoms with Crippen LogP contribution in [0, 0.1) is 0 Å². The summed E-state index contributed by atoms with van der Waals surface area (Å²) < 4.78 is 15.6. The van der Waals surface area contributed by atoms with Crippen LogP contribution in [0.5, 0.6) is 0 Å². The molecular weight excluding hydrogens is 144 g/mol. The Labute approximate surface area is 61.2 Å². The predicted molar refractivity (Wildman–Crippen MR) is 38.3 cm³/mol. The summed E-state index contributed by atoms with van der Waals surface area (Å²) in [6.45, 7) is 0. The summed E-state index contributed by atoms with van der Waals surface area (Å²) >= 11 is 0. The zero-order chi connectivity index (χ0) is 7.26. The first-order valence-corrected chi connectivity index (χ1v) is 3.28. The number of fused-ring (bicyclic) bond motifs is 3. The standard InChI is InChI=1S/C8H4O3/c1-3-9-7-5(1)11-6-2-4-10-8(6)7/h1-4H. The maximum Gasteiger partial charge on any atom is 0.215 e. The van der Waals surface area contributed by atoms with Gasteiger partial charge in [-0.15, -0.1) is 0 Å². The molecule has 11 heavy (non-hydrogen) atoms. The third-order valence-electron chi connectivity index (χ3n) is 1.68. The molecule has 0 atom stereocenters. The summed E-state index contributed by atoms with van der Waals surface area (Å²) in [4.78, 5) is 0. The van der Waals surface area contributed by atoms with Gasteiger partial charge in [0, 0.05) is 12.1 Å². The van der Waals surface area contributed by atoms with Gasteiger partial charge in [0.05, 0.1) is 12.5 Å². The summed E-state index contributed by atoms with van der Waals surface area (Å²) in [6.07, 6.45) is 3.16. The van der Waals surface area contributed by atoms with Gasteiger partial charge in [-0.1, -0.05) is 0 Å². The van der Waals surface area contributed by atoms with Crippen LogP contribution < -0.4 is 0 Å². The van der Waals surface area contributed by atoms with Crippen molar-refractivity contribution in [3.8, 4) is 0 Å². The first-order valence-electron chi connectivity index (χ1n) is 3.28. The second-order valence-electron chi connectivity index (χ2n) is 2.33. The largest absolute Gasteiger partial charge is 0.457 e. The molecule has 3 heterocycles. The lowest BCUT2D eigenvalue weighted by molar-refractivity contribution is 0.583. The Morgan fingerprint density at radius 3 is 1.91 bits per heavy atom. The summed E-state index contributed by atoms with van der Waals surface area (Å²) in [5.41, 5.74) is 2.84. The van der Waals surface area contributed by atoms with Gasteiger partial charge in [0.25, 0.3) is 0 Å². The van der Waals surface area contributed by atoms with E-state index in [0.717, 1.165) is 11.2 Å². The van der Waals surface area contributed by atoms with Crippen molar-refractivity contribution >= 4 is 22.3 Å². The molecule has 0 amide bonds. The molecule has 0 fully saturated rings. The molecule has 3 aromatic rings. The Kier molecular flexibility index (Phi) is 0.692. The maximum absolute atomic E-state index is 5.34. The summed E-state index contributed by atoms with van der Waals surface area (Å²) in [5, 5.41) is 0. The number of hydrogen-bond acceptors (Lipinski definition) is 3. The van der Waals surface area contributed by atoms with Gasteiger partial charge in [-0.3, -0.25) is 0 Å². The fourth-order valence-corrected chi connectivity index (χ4v) is 1.21. The van der Waals surface area contributed by atoms with Crippen molar-refractivity contribution in [1.82, 2.24) is 0 Å². The fourth-order valence-electron chi connectivity index (χ4n) is 1.21. The molecule has 0 saturated heterocycles. The third-order valence-corrected chi connectivity index (χ3v) is 1.68. The van der Waals surface area contributed by atoms with Crippen LogP contribution in [0.25, 0.3) is 22.3 Å². The second-order valence-corrected chi connectivity index (χ2v) is 2.33. The monoisotopic (exact) mass is 148 g/mol. The average Bonchev–Trinajstić information content (AvgIpc) is 2.52. The van der Waals surface area contributed by atoms with Crippen molar-refractivity contribution in [3.05, 3.63) is 24.7 Å². The van der Waals surface area contributed by atoms with Gasteiger partial charge in [0.2, 0.25) is 11.2 Å². The van der Waals surface area contributed by atoms with E-state index in [0.29, 0.717) is 11.2 Å². The Balaban J connectivity index is 2.75. The summed E-state index contributed by atoms with van der Waals surface area (Å²) in [7, 11) is 0. The van der Waals surface area contributed by atoms with Gasteiger partial charge in [0.15, 0.2) is 11.2 Å². The van der Waals surface area contributed by atoms with Crippen LogP contribution in [0.2, 0.25) is 0 Å². The Bertz CT molecular complexity index is 452. The molecule has 3 nitrogen and oxygen atoms in total. The van der Waals surface area contributed by atoms with Crippen LogP contribution in [-0.2, 0) is 0 Å². The summed E-state index contributed by atoms with van der Waals surface area (Å²) in [5.74, 6) is 0. The molecule has 3 heteroatoms. The van der Waals surface area contributed by atoms with Crippen molar-refractivity contribution in [2.45, 2.75) is 0 Å². The lowest BCUT2D eigenvalue weighted by Gasteiger charge is -1.71.